The number of carbonyl (C=O) groups excluding carboxylic acids is 1. The number of carboxylic acid groups (broad SMARTS) is 1. The van der Waals surface area contributed by atoms with Gasteiger partial charge in [-0.1, -0.05) is 12.8 Å². The minimum absolute atomic E-state index is 0.0814. The van der Waals surface area contributed by atoms with E-state index in [0.29, 0.717) is 17.9 Å². The maximum Gasteiger partial charge on any atom is 0.326 e. The van der Waals surface area contributed by atoms with E-state index in [9.17, 15) is 14.7 Å². The van der Waals surface area contributed by atoms with E-state index < -0.39 is 12.0 Å². The van der Waals surface area contributed by atoms with Crippen LogP contribution < -0.4 is 0 Å². The predicted octanol–water partition coefficient (Wildman–Crippen LogP) is 4.13. The molecular weight excluding hydrogens is 422 g/mol. The summed E-state index contributed by atoms with van der Waals surface area (Å²) in [4.78, 5) is 26.1. The first-order chi connectivity index (χ1) is 9.99. The molecule has 114 valence electrons. The number of rotatable bonds is 2. The molecule has 3 atom stereocenters. The SMILES string of the molecule is O=C(O)C1CC2CCCCC2N1C(=O)c1cc(Br)sc1Br. The minimum Gasteiger partial charge on any atom is -0.480 e. The van der Waals surface area contributed by atoms with Crippen LogP contribution in [0.3, 0.4) is 0 Å². The van der Waals surface area contributed by atoms with Crippen molar-refractivity contribution in [1.29, 1.82) is 0 Å². The Hall–Kier alpha value is -0.400. The Morgan fingerprint density at radius 3 is 2.62 bits per heavy atom. The zero-order valence-electron chi connectivity index (χ0n) is 11.2. The first-order valence-electron chi connectivity index (χ1n) is 6.99. The summed E-state index contributed by atoms with van der Waals surface area (Å²) in [5.74, 6) is -0.710. The number of thiophene rings is 1. The van der Waals surface area contributed by atoms with Gasteiger partial charge in [0.25, 0.3) is 5.91 Å². The van der Waals surface area contributed by atoms with Gasteiger partial charge in [-0.3, -0.25) is 4.79 Å². The largest absolute Gasteiger partial charge is 0.480 e. The molecule has 2 aliphatic rings. The number of hydrogen-bond acceptors (Lipinski definition) is 3. The van der Waals surface area contributed by atoms with Gasteiger partial charge in [0.1, 0.15) is 6.04 Å². The van der Waals surface area contributed by atoms with Crippen molar-refractivity contribution in [2.24, 2.45) is 5.92 Å². The average Bonchev–Trinajstić information content (AvgIpc) is 2.98. The number of carbonyl (C=O) groups is 2. The third-order valence-corrected chi connectivity index (χ3v) is 6.83. The molecule has 4 nitrogen and oxygen atoms in total. The lowest BCUT2D eigenvalue weighted by molar-refractivity contribution is -0.141. The van der Waals surface area contributed by atoms with Crippen LogP contribution in [-0.2, 0) is 4.79 Å². The number of amides is 1. The molecule has 7 heteroatoms. The van der Waals surface area contributed by atoms with E-state index in [1.54, 1.807) is 11.0 Å². The molecule has 2 heterocycles. The van der Waals surface area contributed by atoms with E-state index in [4.69, 9.17) is 0 Å². The van der Waals surface area contributed by atoms with Crippen LogP contribution in [0.4, 0.5) is 0 Å². The second kappa shape index (κ2) is 6.01. The lowest BCUT2D eigenvalue weighted by Gasteiger charge is -2.32. The second-order valence-corrected chi connectivity index (χ2v) is 9.40. The molecule has 0 aromatic carbocycles. The van der Waals surface area contributed by atoms with E-state index in [2.05, 4.69) is 31.9 Å². The van der Waals surface area contributed by atoms with E-state index in [1.165, 1.54) is 11.3 Å². The van der Waals surface area contributed by atoms with Crippen molar-refractivity contribution in [1.82, 2.24) is 4.90 Å². The summed E-state index contributed by atoms with van der Waals surface area (Å²) in [5, 5.41) is 9.49. The van der Waals surface area contributed by atoms with Crippen molar-refractivity contribution in [3.8, 4) is 0 Å². The molecule has 1 saturated heterocycles. The first kappa shape index (κ1) is 15.5. The van der Waals surface area contributed by atoms with Crippen molar-refractivity contribution in [2.45, 2.75) is 44.2 Å². The van der Waals surface area contributed by atoms with E-state index >= 15 is 0 Å². The minimum atomic E-state index is -0.886. The zero-order chi connectivity index (χ0) is 15.1. The number of likely N-dealkylation sites (tertiary alicyclic amines) is 1. The molecule has 21 heavy (non-hydrogen) atoms. The zero-order valence-corrected chi connectivity index (χ0v) is 15.2. The normalized spacial score (nSPS) is 28.5. The van der Waals surface area contributed by atoms with Crippen molar-refractivity contribution in [3.63, 3.8) is 0 Å². The molecule has 1 aromatic heterocycles. The van der Waals surface area contributed by atoms with Gasteiger partial charge in [0.15, 0.2) is 0 Å². The number of nitrogens with zero attached hydrogens (tertiary/aromatic N) is 1. The summed E-state index contributed by atoms with van der Waals surface area (Å²) in [6.45, 7) is 0. The maximum atomic E-state index is 12.9. The van der Waals surface area contributed by atoms with Crippen LogP contribution in [0.25, 0.3) is 0 Å². The lowest BCUT2D eigenvalue weighted by Crippen LogP contribution is -2.46. The van der Waals surface area contributed by atoms with Crippen molar-refractivity contribution < 1.29 is 14.7 Å². The van der Waals surface area contributed by atoms with Gasteiger partial charge in [-0.25, -0.2) is 4.79 Å². The summed E-state index contributed by atoms with van der Waals surface area (Å²) < 4.78 is 1.62. The Labute approximate surface area is 143 Å². The average molecular weight is 437 g/mol. The molecule has 1 aromatic rings. The number of aliphatic carboxylic acids is 1. The Morgan fingerprint density at radius 2 is 2.00 bits per heavy atom. The monoisotopic (exact) mass is 435 g/mol. The maximum absolute atomic E-state index is 12.9. The fourth-order valence-electron chi connectivity index (χ4n) is 3.60. The van der Waals surface area contributed by atoms with Gasteiger partial charge in [-0.2, -0.15) is 0 Å². The summed E-state index contributed by atoms with van der Waals surface area (Å²) in [7, 11) is 0. The first-order valence-corrected chi connectivity index (χ1v) is 9.39. The highest BCUT2D eigenvalue weighted by Crippen LogP contribution is 2.42. The smallest absolute Gasteiger partial charge is 0.326 e. The van der Waals surface area contributed by atoms with Crippen molar-refractivity contribution >= 4 is 55.1 Å². The molecule has 2 fully saturated rings. The Balaban J connectivity index is 1.94. The molecule has 0 bridgehead atoms. The van der Waals surface area contributed by atoms with Gasteiger partial charge in [0.2, 0.25) is 0 Å². The Bertz CT molecular complexity index is 589. The molecule has 1 N–H and O–H groups in total. The fourth-order valence-corrected chi connectivity index (χ4v) is 6.38. The van der Waals surface area contributed by atoms with Gasteiger partial charge in [0.05, 0.1) is 13.1 Å². The highest BCUT2D eigenvalue weighted by Gasteiger charge is 2.48. The molecule has 1 saturated carbocycles. The number of carboxylic acids is 1. The summed E-state index contributed by atoms with van der Waals surface area (Å²) in [6.07, 6.45) is 4.76. The second-order valence-electron chi connectivity index (χ2n) is 5.65. The summed E-state index contributed by atoms with van der Waals surface area (Å²) >= 11 is 8.21. The number of hydrogen-bond donors (Lipinski definition) is 1. The highest BCUT2D eigenvalue weighted by molar-refractivity contribution is 9.12. The molecule has 0 spiro atoms. The molecule has 0 radical (unpaired) electrons. The third-order valence-electron chi connectivity index (χ3n) is 4.49. The third kappa shape index (κ3) is 2.80. The van der Waals surface area contributed by atoms with Gasteiger partial charge < -0.3 is 10.0 Å². The van der Waals surface area contributed by atoms with Gasteiger partial charge in [-0.05, 0) is 63.1 Å². The fraction of sp³-hybridized carbons (Fsp3) is 0.571. The highest BCUT2D eigenvalue weighted by atomic mass is 79.9. The quantitative estimate of drug-likeness (QED) is 0.758. The summed E-state index contributed by atoms with van der Waals surface area (Å²) in [6, 6.07) is 1.17. The predicted molar refractivity (Wildman–Crippen MR) is 87.7 cm³/mol. The molecule has 1 aliphatic heterocycles. The van der Waals surface area contributed by atoms with Crippen molar-refractivity contribution in [3.05, 3.63) is 19.2 Å². The van der Waals surface area contributed by atoms with Crippen molar-refractivity contribution in [2.75, 3.05) is 0 Å². The number of fused-ring (bicyclic) bond motifs is 1. The van der Waals surface area contributed by atoms with Gasteiger partial charge >= 0.3 is 5.97 Å². The molecule has 1 aliphatic carbocycles. The Kier molecular flexibility index (Phi) is 4.43. The van der Waals surface area contributed by atoms with E-state index in [-0.39, 0.29) is 11.9 Å². The molecular formula is C14H15Br2NO3S. The molecule has 1 amide bonds. The van der Waals surface area contributed by atoms with Crippen LogP contribution >= 0.6 is 43.2 Å². The van der Waals surface area contributed by atoms with Crippen LogP contribution in [0.5, 0.6) is 0 Å². The van der Waals surface area contributed by atoms with E-state index in [1.807, 2.05) is 0 Å². The van der Waals surface area contributed by atoms with Crippen LogP contribution in [0.2, 0.25) is 0 Å². The topological polar surface area (TPSA) is 57.6 Å². The standard InChI is InChI=1S/C14H15Br2NO3S/c15-11-6-8(12(16)21-11)13(18)17-9-4-2-1-3-7(9)5-10(17)14(19)20/h6-7,9-10H,1-5H2,(H,19,20). The molecule has 3 rings (SSSR count). The Morgan fingerprint density at radius 1 is 1.29 bits per heavy atom. The van der Waals surface area contributed by atoms with Crippen LogP contribution in [0.1, 0.15) is 42.5 Å². The summed E-state index contributed by atoms with van der Waals surface area (Å²) in [5.41, 5.74) is 0.560. The molecule has 3 unspecified atom stereocenters. The number of halogens is 2. The lowest BCUT2D eigenvalue weighted by atomic mass is 9.84. The van der Waals surface area contributed by atoms with E-state index in [0.717, 1.165) is 33.3 Å². The van der Waals surface area contributed by atoms with Crippen LogP contribution in [0.15, 0.2) is 13.6 Å². The van der Waals surface area contributed by atoms with Gasteiger partial charge in [-0.15, -0.1) is 11.3 Å². The van der Waals surface area contributed by atoms with Crippen LogP contribution in [-0.4, -0.2) is 34.0 Å². The van der Waals surface area contributed by atoms with Crippen LogP contribution in [0, 0.1) is 5.92 Å². The van der Waals surface area contributed by atoms with Gasteiger partial charge in [0, 0.05) is 6.04 Å².